The topological polar surface area (TPSA) is 17.8 Å². The lowest BCUT2D eigenvalue weighted by molar-refractivity contribution is 0.343. The minimum absolute atomic E-state index is 0.0249. The first kappa shape index (κ1) is 8.73. The molecule has 2 heterocycles. The van der Waals surface area contributed by atoms with E-state index in [1.165, 1.54) is 0 Å². The summed E-state index contributed by atoms with van der Waals surface area (Å²) in [5.41, 5.74) is 1.77. The summed E-state index contributed by atoms with van der Waals surface area (Å²) in [6, 6.07) is 1.90. The van der Waals surface area contributed by atoms with Crippen LogP contribution in [0.3, 0.4) is 0 Å². The van der Waals surface area contributed by atoms with Crippen LogP contribution in [0.4, 0.5) is 4.39 Å². The fourth-order valence-electron chi connectivity index (χ4n) is 1.61. The second-order valence-corrected chi connectivity index (χ2v) is 4.68. The fraction of sp³-hybridized carbons (Fsp3) is 0.700. The van der Waals surface area contributed by atoms with Crippen molar-refractivity contribution >= 4 is 0 Å². The van der Waals surface area contributed by atoms with Crippen LogP contribution in [-0.2, 0) is 12.0 Å². The van der Waals surface area contributed by atoms with Crippen molar-refractivity contribution in [1.82, 2.24) is 9.78 Å². The normalized spacial score (nSPS) is 22.0. The standard InChI is InChI=1S/C10H15FN2/c1-10(2,3)9-6-8-7(11)4-5-13(8)12-9/h6-7H,4-5H2,1-3H3. The summed E-state index contributed by atoms with van der Waals surface area (Å²) in [4.78, 5) is 0. The number of aromatic nitrogens is 2. The van der Waals surface area contributed by atoms with E-state index in [0.717, 1.165) is 17.9 Å². The molecule has 1 unspecified atom stereocenters. The summed E-state index contributed by atoms with van der Waals surface area (Å²) in [5, 5.41) is 4.39. The second-order valence-electron chi connectivity index (χ2n) is 4.68. The van der Waals surface area contributed by atoms with Crippen LogP contribution in [-0.4, -0.2) is 9.78 Å². The van der Waals surface area contributed by atoms with Crippen molar-refractivity contribution in [2.24, 2.45) is 0 Å². The van der Waals surface area contributed by atoms with Crippen molar-refractivity contribution in [3.8, 4) is 0 Å². The van der Waals surface area contributed by atoms with E-state index < -0.39 is 6.17 Å². The van der Waals surface area contributed by atoms with Gasteiger partial charge in [0.15, 0.2) is 0 Å². The van der Waals surface area contributed by atoms with Crippen LogP contribution in [0.25, 0.3) is 0 Å². The molecule has 1 aromatic heterocycles. The lowest BCUT2D eigenvalue weighted by Gasteiger charge is -2.14. The van der Waals surface area contributed by atoms with E-state index in [2.05, 4.69) is 25.9 Å². The summed E-state index contributed by atoms with van der Waals surface area (Å²) in [7, 11) is 0. The van der Waals surface area contributed by atoms with Gasteiger partial charge < -0.3 is 0 Å². The van der Waals surface area contributed by atoms with E-state index in [-0.39, 0.29) is 5.41 Å². The van der Waals surface area contributed by atoms with Gasteiger partial charge in [-0.1, -0.05) is 20.8 Å². The van der Waals surface area contributed by atoms with Crippen molar-refractivity contribution in [2.45, 2.75) is 45.3 Å². The first-order valence-corrected chi connectivity index (χ1v) is 4.71. The molecule has 0 aliphatic carbocycles. The minimum atomic E-state index is -0.802. The van der Waals surface area contributed by atoms with E-state index in [1.807, 2.05) is 6.07 Å². The molecule has 72 valence electrons. The Morgan fingerprint density at radius 2 is 2.23 bits per heavy atom. The van der Waals surface area contributed by atoms with E-state index in [4.69, 9.17) is 0 Å². The lowest BCUT2D eigenvalue weighted by atomic mass is 9.92. The number of halogens is 1. The molecule has 2 rings (SSSR count). The van der Waals surface area contributed by atoms with Crippen LogP contribution < -0.4 is 0 Å². The van der Waals surface area contributed by atoms with Gasteiger partial charge in [-0.2, -0.15) is 5.10 Å². The predicted octanol–water partition coefficient (Wildman–Crippen LogP) is 2.59. The van der Waals surface area contributed by atoms with Gasteiger partial charge in [0.2, 0.25) is 0 Å². The van der Waals surface area contributed by atoms with Gasteiger partial charge in [-0.15, -0.1) is 0 Å². The molecule has 0 saturated heterocycles. The number of hydrogen-bond acceptors (Lipinski definition) is 1. The third kappa shape index (κ3) is 1.36. The number of hydrogen-bond donors (Lipinski definition) is 0. The number of alkyl halides is 1. The van der Waals surface area contributed by atoms with Crippen molar-refractivity contribution in [2.75, 3.05) is 0 Å². The average molecular weight is 182 g/mol. The van der Waals surface area contributed by atoms with Gasteiger partial charge in [0.05, 0.1) is 11.4 Å². The maximum atomic E-state index is 13.3. The van der Waals surface area contributed by atoms with E-state index in [9.17, 15) is 4.39 Å². The maximum Gasteiger partial charge on any atom is 0.143 e. The number of aryl methyl sites for hydroxylation is 1. The van der Waals surface area contributed by atoms with Crippen LogP contribution in [0.15, 0.2) is 6.07 Å². The molecule has 0 bridgehead atoms. The SMILES string of the molecule is CC(C)(C)c1cc2n(n1)CCC2F. The maximum absolute atomic E-state index is 13.3. The molecular weight excluding hydrogens is 167 g/mol. The lowest BCUT2D eigenvalue weighted by Crippen LogP contribution is -2.12. The fourth-order valence-corrected chi connectivity index (χ4v) is 1.61. The zero-order valence-corrected chi connectivity index (χ0v) is 8.34. The third-order valence-electron chi connectivity index (χ3n) is 2.49. The Labute approximate surface area is 77.8 Å². The zero-order chi connectivity index (χ0) is 9.64. The summed E-state index contributed by atoms with van der Waals surface area (Å²) >= 11 is 0. The molecule has 2 nitrogen and oxygen atoms in total. The highest BCUT2D eigenvalue weighted by Crippen LogP contribution is 2.32. The van der Waals surface area contributed by atoms with Crippen LogP contribution in [0.1, 0.15) is 44.8 Å². The second kappa shape index (κ2) is 2.56. The summed E-state index contributed by atoms with van der Waals surface area (Å²) in [5.74, 6) is 0. The highest BCUT2D eigenvalue weighted by Gasteiger charge is 2.27. The van der Waals surface area contributed by atoms with Gasteiger partial charge in [-0.3, -0.25) is 4.68 Å². The molecular formula is C10H15FN2. The summed E-state index contributed by atoms with van der Waals surface area (Å²) < 4.78 is 15.1. The molecule has 3 heteroatoms. The van der Waals surface area contributed by atoms with E-state index in [1.54, 1.807) is 4.68 Å². The van der Waals surface area contributed by atoms with Crippen LogP contribution in [0.2, 0.25) is 0 Å². The van der Waals surface area contributed by atoms with Crippen molar-refractivity contribution in [3.05, 3.63) is 17.5 Å². The highest BCUT2D eigenvalue weighted by atomic mass is 19.1. The molecule has 0 radical (unpaired) electrons. The van der Waals surface area contributed by atoms with Crippen LogP contribution >= 0.6 is 0 Å². The first-order valence-electron chi connectivity index (χ1n) is 4.71. The van der Waals surface area contributed by atoms with E-state index >= 15 is 0 Å². The van der Waals surface area contributed by atoms with Crippen molar-refractivity contribution in [3.63, 3.8) is 0 Å². The predicted molar refractivity (Wildman–Crippen MR) is 49.4 cm³/mol. The van der Waals surface area contributed by atoms with Gasteiger partial charge in [-0.05, 0) is 6.07 Å². The number of nitrogens with zero attached hydrogens (tertiary/aromatic N) is 2. The molecule has 1 atom stereocenters. The summed E-state index contributed by atoms with van der Waals surface area (Å²) in [6.07, 6.45) is -0.212. The van der Waals surface area contributed by atoms with E-state index in [0.29, 0.717) is 6.42 Å². The smallest absolute Gasteiger partial charge is 0.143 e. The Morgan fingerprint density at radius 1 is 1.54 bits per heavy atom. The van der Waals surface area contributed by atoms with Gasteiger partial charge in [0.25, 0.3) is 0 Å². The van der Waals surface area contributed by atoms with Gasteiger partial charge in [0, 0.05) is 18.4 Å². The minimum Gasteiger partial charge on any atom is -0.266 e. The monoisotopic (exact) mass is 182 g/mol. The molecule has 1 aliphatic heterocycles. The van der Waals surface area contributed by atoms with Crippen LogP contribution in [0.5, 0.6) is 0 Å². The number of fused-ring (bicyclic) bond motifs is 1. The molecule has 0 N–H and O–H groups in total. The first-order chi connectivity index (χ1) is 5.98. The van der Waals surface area contributed by atoms with Crippen molar-refractivity contribution < 1.29 is 4.39 Å². The summed E-state index contributed by atoms with van der Waals surface area (Å²) in [6.45, 7) is 7.02. The quantitative estimate of drug-likeness (QED) is 0.603. The van der Waals surface area contributed by atoms with Crippen LogP contribution in [0, 0.1) is 0 Å². The van der Waals surface area contributed by atoms with Gasteiger partial charge in [0.1, 0.15) is 6.17 Å². The third-order valence-corrected chi connectivity index (χ3v) is 2.49. The average Bonchev–Trinajstić information content (AvgIpc) is 2.51. The Hall–Kier alpha value is -0.860. The molecule has 0 spiro atoms. The zero-order valence-electron chi connectivity index (χ0n) is 8.34. The Balaban J connectivity index is 2.40. The molecule has 0 amide bonds. The van der Waals surface area contributed by atoms with Gasteiger partial charge >= 0.3 is 0 Å². The molecule has 0 fully saturated rings. The Morgan fingerprint density at radius 3 is 2.77 bits per heavy atom. The number of rotatable bonds is 0. The molecule has 13 heavy (non-hydrogen) atoms. The Bertz CT molecular complexity index is 322. The van der Waals surface area contributed by atoms with Crippen molar-refractivity contribution in [1.29, 1.82) is 0 Å². The molecule has 1 aliphatic rings. The molecule has 1 aromatic rings. The van der Waals surface area contributed by atoms with Gasteiger partial charge in [-0.25, -0.2) is 4.39 Å². The Kier molecular flexibility index (Phi) is 1.72. The molecule has 0 saturated carbocycles. The molecule has 0 aromatic carbocycles. The highest BCUT2D eigenvalue weighted by molar-refractivity contribution is 5.21. The largest absolute Gasteiger partial charge is 0.266 e.